The summed E-state index contributed by atoms with van der Waals surface area (Å²) in [6, 6.07) is 3.17. The Morgan fingerprint density at radius 2 is 1.91 bits per heavy atom. The molecule has 1 aromatic rings. The summed E-state index contributed by atoms with van der Waals surface area (Å²) in [5.74, 6) is 0.835. The average molecular weight is 436 g/mol. The van der Waals surface area contributed by atoms with Crippen LogP contribution in [0.3, 0.4) is 0 Å². The fourth-order valence-electron chi connectivity index (χ4n) is 2.55. The number of aryl methyl sites for hydroxylation is 1. The zero-order valence-electron chi connectivity index (χ0n) is 15.3. The largest absolute Gasteiger partial charge is 0.356 e. The van der Waals surface area contributed by atoms with Gasteiger partial charge in [-0.25, -0.2) is 0 Å². The number of nitrogens with zero attached hydrogens (tertiary/aromatic N) is 4. The third-order valence-electron chi connectivity index (χ3n) is 3.80. The summed E-state index contributed by atoms with van der Waals surface area (Å²) in [6.45, 7) is 11.7. The highest BCUT2D eigenvalue weighted by atomic mass is 127. The Hall–Kier alpha value is -0.830. The Kier molecular flexibility index (Phi) is 11.2. The van der Waals surface area contributed by atoms with Crippen LogP contribution in [0.1, 0.15) is 39.8 Å². The van der Waals surface area contributed by atoms with Crippen LogP contribution in [0.2, 0.25) is 0 Å². The average Bonchev–Trinajstić information content (AvgIpc) is 2.86. The van der Waals surface area contributed by atoms with Crippen LogP contribution in [-0.4, -0.2) is 52.9 Å². The molecule has 23 heavy (non-hydrogen) atoms. The van der Waals surface area contributed by atoms with E-state index in [1.165, 1.54) is 0 Å². The van der Waals surface area contributed by atoms with Crippen LogP contribution < -0.4 is 10.6 Å². The highest BCUT2D eigenvalue weighted by Gasteiger charge is 2.12. The molecule has 0 fully saturated rings. The van der Waals surface area contributed by atoms with Crippen LogP contribution in [0, 0.1) is 0 Å². The Labute approximate surface area is 158 Å². The van der Waals surface area contributed by atoms with E-state index in [4.69, 9.17) is 0 Å². The predicted molar refractivity (Wildman–Crippen MR) is 108 cm³/mol. The summed E-state index contributed by atoms with van der Waals surface area (Å²) >= 11 is 0. The molecule has 134 valence electrons. The zero-order valence-corrected chi connectivity index (χ0v) is 17.7. The van der Waals surface area contributed by atoms with Crippen molar-refractivity contribution < 1.29 is 0 Å². The van der Waals surface area contributed by atoms with Gasteiger partial charge in [-0.3, -0.25) is 14.6 Å². The molecule has 0 amide bonds. The molecule has 2 N–H and O–H groups in total. The maximum atomic E-state index is 4.26. The van der Waals surface area contributed by atoms with E-state index in [-0.39, 0.29) is 24.0 Å². The van der Waals surface area contributed by atoms with E-state index < -0.39 is 0 Å². The van der Waals surface area contributed by atoms with Crippen molar-refractivity contribution in [3.8, 4) is 0 Å². The smallest absolute Gasteiger partial charge is 0.191 e. The summed E-state index contributed by atoms with van der Waals surface area (Å²) in [5.41, 5.74) is 1.13. The second-order valence-electron chi connectivity index (χ2n) is 6.08. The van der Waals surface area contributed by atoms with Gasteiger partial charge in [0.05, 0.1) is 12.2 Å². The van der Waals surface area contributed by atoms with Gasteiger partial charge in [-0.2, -0.15) is 5.10 Å². The van der Waals surface area contributed by atoms with E-state index in [9.17, 15) is 0 Å². The summed E-state index contributed by atoms with van der Waals surface area (Å²) in [7, 11) is 3.74. The number of hydrogen-bond donors (Lipinski definition) is 2. The topological polar surface area (TPSA) is 57.5 Å². The Morgan fingerprint density at radius 1 is 1.26 bits per heavy atom. The van der Waals surface area contributed by atoms with E-state index in [1.807, 2.05) is 17.8 Å². The third-order valence-corrected chi connectivity index (χ3v) is 3.80. The van der Waals surface area contributed by atoms with Crippen molar-refractivity contribution in [3.05, 3.63) is 18.0 Å². The minimum absolute atomic E-state index is 0. The lowest BCUT2D eigenvalue weighted by Gasteiger charge is -2.30. The number of halogens is 1. The first-order valence-corrected chi connectivity index (χ1v) is 8.12. The lowest BCUT2D eigenvalue weighted by atomic mass is 10.2. The first-order valence-electron chi connectivity index (χ1n) is 8.12. The Bertz CT molecular complexity index is 447. The minimum Gasteiger partial charge on any atom is -0.356 e. The molecule has 0 saturated carbocycles. The van der Waals surface area contributed by atoms with Gasteiger partial charge in [-0.15, -0.1) is 24.0 Å². The molecule has 0 aliphatic rings. The van der Waals surface area contributed by atoms with Gasteiger partial charge in [0.15, 0.2) is 5.96 Å². The Balaban J connectivity index is 0.00000484. The molecule has 0 spiro atoms. The number of hydrogen-bond acceptors (Lipinski definition) is 3. The van der Waals surface area contributed by atoms with Crippen molar-refractivity contribution in [3.63, 3.8) is 0 Å². The fourth-order valence-corrected chi connectivity index (χ4v) is 2.55. The van der Waals surface area contributed by atoms with Crippen molar-refractivity contribution in [1.29, 1.82) is 0 Å². The predicted octanol–water partition coefficient (Wildman–Crippen LogP) is 2.21. The second kappa shape index (κ2) is 11.7. The van der Waals surface area contributed by atoms with E-state index in [2.05, 4.69) is 53.3 Å². The van der Waals surface area contributed by atoms with Gasteiger partial charge >= 0.3 is 0 Å². The van der Waals surface area contributed by atoms with Gasteiger partial charge in [-0.1, -0.05) is 0 Å². The van der Waals surface area contributed by atoms with Gasteiger partial charge in [0.2, 0.25) is 0 Å². The number of guanidine groups is 1. The fraction of sp³-hybridized carbons (Fsp3) is 0.750. The standard InChI is InChI=1S/C16H32N6.HI/c1-13(2)22(14(3)4)11-7-9-18-16(17-5)19-12-15-8-10-20-21(15)6;/h8,10,13-14H,7,9,11-12H2,1-6H3,(H2,17,18,19);1H. The SMILES string of the molecule is CN=C(NCCCN(C(C)C)C(C)C)NCc1ccnn1C.I. The third kappa shape index (κ3) is 8.01. The molecule has 0 aliphatic carbocycles. The second-order valence-corrected chi connectivity index (χ2v) is 6.08. The molecule has 1 rings (SSSR count). The maximum absolute atomic E-state index is 4.26. The molecular weight excluding hydrogens is 403 g/mol. The van der Waals surface area contributed by atoms with Gasteiger partial charge in [0.1, 0.15) is 0 Å². The van der Waals surface area contributed by atoms with E-state index in [1.54, 1.807) is 13.2 Å². The number of rotatable bonds is 8. The van der Waals surface area contributed by atoms with Gasteiger partial charge < -0.3 is 10.6 Å². The van der Waals surface area contributed by atoms with Crippen LogP contribution >= 0.6 is 24.0 Å². The molecule has 1 heterocycles. The molecular formula is C16H33IN6. The molecule has 0 aliphatic heterocycles. The zero-order chi connectivity index (χ0) is 16.5. The molecule has 0 aromatic carbocycles. The van der Waals surface area contributed by atoms with E-state index in [0.29, 0.717) is 12.1 Å². The van der Waals surface area contributed by atoms with Crippen LogP contribution in [0.5, 0.6) is 0 Å². The quantitative estimate of drug-likeness (QED) is 0.284. The van der Waals surface area contributed by atoms with Crippen LogP contribution in [0.4, 0.5) is 0 Å². The number of nitrogens with one attached hydrogen (secondary N) is 2. The summed E-state index contributed by atoms with van der Waals surface area (Å²) in [5, 5.41) is 10.8. The molecule has 0 atom stereocenters. The summed E-state index contributed by atoms with van der Waals surface area (Å²) in [6.07, 6.45) is 2.91. The molecule has 0 unspecified atom stereocenters. The normalized spacial score (nSPS) is 12.0. The van der Waals surface area contributed by atoms with E-state index in [0.717, 1.165) is 37.7 Å². The molecule has 7 heteroatoms. The maximum Gasteiger partial charge on any atom is 0.191 e. The van der Waals surface area contributed by atoms with Crippen molar-refractivity contribution in [1.82, 2.24) is 25.3 Å². The first-order chi connectivity index (χ1) is 10.5. The van der Waals surface area contributed by atoms with Crippen molar-refractivity contribution >= 4 is 29.9 Å². The highest BCUT2D eigenvalue weighted by Crippen LogP contribution is 2.05. The molecule has 0 saturated heterocycles. The van der Waals surface area contributed by atoms with Gasteiger partial charge in [-0.05, 0) is 40.2 Å². The van der Waals surface area contributed by atoms with E-state index >= 15 is 0 Å². The lowest BCUT2D eigenvalue weighted by Crippen LogP contribution is -2.41. The van der Waals surface area contributed by atoms with Crippen molar-refractivity contribution in [2.75, 3.05) is 20.1 Å². The Morgan fingerprint density at radius 3 is 2.39 bits per heavy atom. The summed E-state index contributed by atoms with van der Waals surface area (Å²) in [4.78, 5) is 6.76. The minimum atomic E-state index is 0. The number of aliphatic imine (C=N–C) groups is 1. The lowest BCUT2D eigenvalue weighted by molar-refractivity contribution is 0.173. The van der Waals surface area contributed by atoms with Crippen molar-refractivity contribution in [2.45, 2.75) is 52.7 Å². The van der Waals surface area contributed by atoms with Crippen molar-refractivity contribution in [2.24, 2.45) is 12.0 Å². The highest BCUT2D eigenvalue weighted by molar-refractivity contribution is 14.0. The molecule has 0 bridgehead atoms. The van der Waals surface area contributed by atoms with Crippen LogP contribution in [-0.2, 0) is 13.6 Å². The van der Waals surface area contributed by atoms with Gasteiger partial charge in [0, 0.05) is 45.5 Å². The summed E-state index contributed by atoms with van der Waals surface area (Å²) < 4.78 is 1.86. The van der Waals surface area contributed by atoms with Crippen LogP contribution in [0.15, 0.2) is 17.3 Å². The monoisotopic (exact) mass is 436 g/mol. The molecule has 0 radical (unpaired) electrons. The van der Waals surface area contributed by atoms with Crippen LogP contribution in [0.25, 0.3) is 0 Å². The first kappa shape index (κ1) is 22.2. The molecule has 1 aromatic heterocycles. The number of aromatic nitrogens is 2. The molecule has 6 nitrogen and oxygen atoms in total. The van der Waals surface area contributed by atoms with Gasteiger partial charge in [0.25, 0.3) is 0 Å².